The maximum absolute atomic E-state index is 12.7. The fraction of sp³-hybridized carbons (Fsp3) is 0.0556. The molecule has 0 aliphatic carbocycles. The average molecular weight is 371 g/mol. The van der Waals surface area contributed by atoms with Crippen LogP contribution in [0.15, 0.2) is 53.4 Å². The lowest BCUT2D eigenvalue weighted by molar-refractivity contribution is -0.113. The summed E-state index contributed by atoms with van der Waals surface area (Å²) in [7, 11) is 1.57. The van der Waals surface area contributed by atoms with E-state index in [9.17, 15) is 14.7 Å². The molecule has 0 unspecified atom stereocenters. The van der Waals surface area contributed by atoms with Gasteiger partial charge in [0.1, 0.15) is 5.75 Å². The standard InChI is InChI=1S/C18H13NO4S2/c1-23-13-8-6-12(7-9-13)19-16(20)15(25-18(19)24)10-11-4-2-3-5-14(11)17(21)22/h2-10H,1H3,(H,21,22)/b15-10+. The van der Waals surface area contributed by atoms with Crippen LogP contribution in [0.2, 0.25) is 0 Å². The van der Waals surface area contributed by atoms with Crippen molar-refractivity contribution < 1.29 is 19.4 Å². The second-order valence-electron chi connectivity index (χ2n) is 5.11. The van der Waals surface area contributed by atoms with Crippen LogP contribution in [0.5, 0.6) is 5.75 Å². The first kappa shape index (κ1) is 17.2. The molecule has 1 aliphatic rings. The highest BCUT2D eigenvalue weighted by molar-refractivity contribution is 8.27. The van der Waals surface area contributed by atoms with Crippen molar-refractivity contribution in [2.75, 3.05) is 12.0 Å². The van der Waals surface area contributed by atoms with Crippen LogP contribution in [0.1, 0.15) is 15.9 Å². The molecule has 0 aromatic heterocycles. The van der Waals surface area contributed by atoms with E-state index >= 15 is 0 Å². The Kier molecular flexibility index (Phi) is 4.87. The summed E-state index contributed by atoms with van der Waals surface area (Å²) in [5.74, 6) is -0.641. The monoisotopic (exact) mass is 371 g/mol. The fourth-order valence-corrected chi connectivity index (χ4v) is 3.67. The van der Waals surface area contributed by atoms with E-state index in [1.165, 1.54) is 11.0 Å². The molecule has 0 atom stereocenters. The summed E-state index contributed by atoms with van der Waals surface area (Å²) in [6.07, 6.45) is 1.56. The normalized spacial score (nSPS) is 15.7. The van der Waals surface area contributed by atoms with Gasteiger partial charge < -0.3 is 9.84 Å². The SMILES string of the molecule is COc1ccc(N2C(=O)/C(=C\c3ccccc3C(=O)O)SC2=S)cc1. The minimum Gasteiger partial charge on any atom is -0.497 e. The third kappa shape index (κ3) is 3.42. The van der Waals surface area contributed by atoms with Gasteiger partial charge in [0.15, 0.2) is 4.32 Å². The first-order valence-corrected chi connectivity index (χ1v) is 8.48. The largest absolute Gasteiger partial charge is 0.497 e. The second-order valence-corrected chi connectivity index (χ2v) is 6.78. The number of carbonyl (C=O) groups excluding carboxylic acids is 1. The second kappa shape index (κ2) is 7.08. The smallest absolute Gasteiger partial charge is 0.336 e. The van der Waals surface area contributed by atoms with Crippen LogP contribution in [-0.4, -0.2) is 28.4 Å². The maximum Gasteiger partial charge on any atom is 0.336 e. The predicted molar refractivity (Wildman–Crippen MR) is 102 cm³/mol. The topological polar surface area (TPSA) is 66.8 Å². The summed E-state index contributed by atoms with van der Waals surface area (Å²) in [5.41, 5.74) is 1.24. The Hall–Kier alpha value is -2.64. The molecule has 1 N–H and O–H groups in total. The highest BCUT2D eigenvalue weighted by Gasteiger charge is 2.33. The van der Waals surface area contributed by atoms with Gasteiger partial charge in [-0.1, -0.05) is 42.2 Å². The van der Waals surface area contributed by atoms with Gasteiger partial charge in [0.25, 0.3) is 5.91 Å². The van der Waals surface area contributed by atoms with Crippen molar-refractivity contribution in [2.45, 2.75) is 0 Å². The van der Waals surface area contributed by atoms with Gasteiger partial charge in [-0.15, -0.1) is 0 Å². The predicted octanol–water partition coefficient (Wildman–Crippen LogP) is 3.80. The number of carboxylic acid groups (broad SMARTS) is 1. The molecule has 1 aliphatic heterocycles. The van der Waals surface area contributed by atoms with Crippen LogP contribution in [-0.2, 0) is 4.79 Å². The highest BCUT2D eigenvalue weighted by atomic mass is 32.2. The first-order valence-electron chi connectivity index (χ1n) is 7.25. The van der Waals surface area contributed by atoms with E-state index in [2.05, 4.69) is 0 Å². The van der Waals surface area contributed by atoms with Crippen LogP contribution >= 0.6 is 24.0 Å². The van der Waals surface area contributed by atoms with Crippen molar-refractivity contribution in [3.63, 3.8) is 0 Å². The molecule has 7 heteroatoms. The fourth-order valence-electron chi connectivity index (χ4n) is 2.38. The van der Waals surface area contributed by atoms with Crippen LogP contribution in [0.3, 0.4) is 0 Å². The number of benzene rings is 2. The number of methoxy groups -OCH3 is 1. The number of carbonyl (C=O) groups is 2. The lowest BCUT2D eigenvalue weighted by Crippen LogP contribution is -2.27. The van der Waals surface area contributed by atoms with E-state index in [1.807, 2.05) is 0 Å². The molecule has 5 nitrogen and oxygen atoms in total. The van der Waals surface area contributed by atoms with Crippen molar-refractivity contribution in [3.05, 3.63) is 64.6 Å². The summed E-state index contributed by atoms with van der Waals surface area (Å²) >= 11 is 6.46. The van der Waals surface area contributed by atoms with E-state index in [4.69, 9.17) is 17.0 Å². The Labute approximate surface area is 153 Å². The van der Waals surface area contributed by atoms with Crippen LogP contribution in [0, 0.1) is 0 Å². The number of thioether (sulfide) groups is 1. The van der Waals surface area contributed by atoms with Crippen LogP contribution in [0.4, 0.5) is 5.69 Å². The number of hydrogen-bond acceptors (Lipinski definition) is 5. The van der Waals surface area contributed by atoms with E-state index in [0.29, 0.717) is 26.2 Å². The molecular weight excluding hydrogens is 358 g/mol. The van der Waals surface area contributed by atoms with Crippen LogP contribution in [0.25, 0.3) is 6.08 Å². The number of rotatable bonds is 4. The zero-order valence-electron chi connectivity index (χ0n) is 13.1. The maximum atomic E-state index is 12.7. The van der Waals surface area contributed by atoms with Gasteiger partial charge in [-0.25, -0.2) is 4.79 Å². The molecular formula is C18H13NO4S2. The average Bonchev–Trinajstić information content (AvgIpc) is 2.89. The Balaban J connectivity index is 1.94. The third-order valence-electron chi connectivity index (χ3n) is 3.60. The van der Waals surface area contributed by atoms with Gasteiger partial charge in [-0.2, -0.15) is 0 Å². The molecule has 1 amide bonds. The molecule has 0 spiro atoms. The molecule has 2 aromatic rings. The van der Waals surface area contributed by atoms with Gasteiger partial charge in [0.05, 0.1) is 23.3 Å². The number of amides is 1. The van der Waals surface area contributed by atoms with E-state index < -0.39 is 5.97 Å². The Bertz CT molecular complexity index is 890. The zero-order valence-corrected chi connectivity index (χ0v) is 14.8. The van der Waals surface area contributed by atoms with E-state index in [1.54, 1.807) is 55.7 Å². The molecule has 0 saturated carbocycles. The minimum atomic E-state index is -1.04. The van der Waals surface area contributed by atoms with Gasteiger partial charge in [-0.3, -0.25) is 9.69 Å². The van der Waals surface area contributed by atoms with E-state index in [-0.39, 0.29) is 11.5 Å². The van der Waals surface area contributed by atoms with Crippen molar-refractivity contribution in [2.24, 2.45) is 0 Å². The Morgan fingerprint density at radius 3 is 2.52 bits per heavy atom. The van der Waals surface area contributed by atoms with Gasteiger partial charge in [0, 0.05) is 0 Å². The van der Waals surface area contributed by atoms with Crippen molar-refractivity contribution in [1.29, 1.82) is 0 Å². The zero-order chi connectivity index (χ0) is 18.0. The molecule has 0 radical (unpaired) electrons. The quantitative estimate of drug-likeness (QED) is 0.651. The lowest BCUT2D eigenvalue weighted by atomic mass is 10.1. The number of ether oxygens (including phenoxy) is 1. The Morgan fingerprint density at radius 1 is 1.20 bits per heavy atom. The molecule has 1 heterocycles. The van der Waals surface area contributed by atoms with Crippen molar-refractivity contribution >= 4 is 51.9 Å². The molecule has 3 rings (SSSR count). The number of thiocarbonyl (C=S) groups is 1. The van der Waals surface area contributed by atoms with Crippen molar-refractivity contribution in [1.82, 2.24) is 0 Å². The summed E-state index contributed by atoms with van der Waals surface area (Å²) < 4.78 is 5.51. The van der Waals surface area contributed by atoms with Gasteiger partial charge >= 0.3 is 5.97 Å². The summed E-state index contributed by atoms with van der Waals surface area (Å²) in [5, 5.41) is 9.27. The van der Waals surface area contributed by atoms with Gasteiger partial charge in [-0.05, 0) is 42.0 Å². The molecule has 1 fully saturated rings. The number of carboxylic acids is 1. The summed E-state index contributed by atoms with van der Waals surface area (Å²) in [6, 6.07) is 13.5. The van der Waals surface area contributed by atoms with Crippen molar-refractivity contribution in [3.8, 4) is 5.75 Å². The number of nitrogens with zero attached hydrogens (tertiary/aromatic N) is 1. The summed E-state index contributed by atoms with van der Waals surface area (Å²) in [4.78, 5) is 25.9. The number of hydrogen-bond donors (Lipinski definition) is 1. The molecule has 25 heavy (non-hydrogen) atoms. The molecule has 126 valence electrons. The van der Waals surface area contributed by atoms with Gasteiger partial charge in [0.2, 0.25) is 0 Å². The lowest BCUT2D eigenvalue weighted by Gasteiger charge is -2.14. The molecule has 0 bridgehead atoms. The Morgan fingerprint density at radius 2 is 1.88 bits per heavy atom. The summed E-state index contributed by atoms with van der Waals surface area (Å²) in [6.45, 7) is 0. The molecule has 2 aromatic carbocycles. The molecule has 1 saturated heterocycles. The minimum absolute atomic E-state index is 0.136. The first-order chi connectivity index (χ1) is 12.0. The number of aromatic carboxylic acids is 1. The van der Waals surface area contributed by atoms with E-state index in [0.717, 1.165) is 11.8 Å². The number of anilines is 1. The van der Waals surface area contributed by atoms with Crippen LogP contribution < -0.4 is 9.64 Å². The highest BCUT2D eigenvalue weighted by Crippen LogP contribution is 2.36. The third-order valence-corrected chi connectivity index (χ3v) is 4.90.